The third kappa shape index (κ3) is 3.26. The van der Waals surface area contributed by atoms with Gasteiger partial charge in [-0.2, -0.15) is 0 Å². The lowest BCUT2D eigenvalue weighted by Gasteiger charge is -2.11. The first-order valence-electron chi connectivity index (χ1n) is 7.76. The summed E-state index contributed by atoms with van der Waals surface area (Å²) < 4.78 is 37.4. The molecule has 0 saturated carbocycles. The molecule has 0 atom stereocenters. The van der Waals surface area contributed by atoms with Crippen molar-refractivity contribution in [2.24, 2.45) is 0 Å². The number of hydrogen-bond donors (Lipinski definition) is 0. The zero-order valence-electron chi connectivity index (χ0n) is 13.6. The van der Waals surface area contributed by atoms with E-state index in [1.165, 1.54) is 17.7 Å². The lowest BCUT2D eigenvalue weighted by molar-refractivity contribution is 0.570. The van der Waals surface area contributed by atoms with Crippen LogP contribution in [-0.4, -0.2) is 14.7 Å². The van der Waals surface area contributed by atoms with Gasteiger partial charge in [-0.15, -0.1) is 0 Å². The highest BCUT2D eigenvalue weighted by molar-refractivity contribution is 7.90. The number of rotatable bonds is 3. The highest BCUT2D eigenvalue weighted by Crippen LogP contribution is 2.40. The number of sulfone groups is 1. The Labute approximate surface area is 146 Å². The Bertz CT molecular complexity index is 946. The van der Waals surface area contributed by atoms with Crippen LogP contribution < -0.4 is 0 Å². The van der Waals surface area contributed by atoms with Gasteiger partial charge in [-0.3, -0.25) is 0 Å². The molecule has 126 valence electrons. The average Bonchev–Trinajstić information content (AvgIpc) is 2.98. The third-order valence-electron chi connectivity index (χ3n) is 4.40. The minimum absolute atomic E-state index is 0.256. The molecule has 0 amide bonds. The summed E-state index contributed by atoms with van der Waals surface area (Å²) >= 11 is 6.10. The van der Waals surface area contributed by atoms with Crippen LogP contribution in [0.3, 0.4) is 0 Å². The second-order valence-electron chi connectivity index (χ2n) is 6.19. The molecule has 0 N–H and O–H groups in total. The van der Waals surface area contributed by atoms with Crippen LogP contribution in [0.2, 0.25) is 5.02 Å². The Kier molecular flexibility index (Phi) is 4.54. The number of hydrogen-bond acceptors (Lipinski definition) is 2. The fraction of sp³-hybridized carbons (Fsp3) is 0.263. The fourth-order valence-electron chi connectivity index (χ4n) is 3.20. The quantitative estimate of drug-likeness (QED) is 0.741. The Balaban J connectivity index is 2.09. The normalized spacial score (nSPS) is 15.2. The lowest BCUT2D eigenvalue weighted by atomic mass is 9.96. The molecule has 2 aromatic rings. The molecule has 2 aromatic carbocycles. The maximum atomic E-state index is 14.2. The first-order chi connectivity index (χ1) is 11.3. The number of benzene rings is 2. The van der Waals surface area contributed by atoms with Crippen molar-refractivity contribution in [1.29, 1.82) is 0 Å². The van der Waals surface area contributed by atoms with Crippen LogP contribution in [0.15, 0.2) is 41.3 Å². The third-order valence-corrected chi connectivity index (χ3v) is 5.96. The minimum Gasteiger partial charge on any atom is -0.224 e. The molecule has 0 bridgehead atoms. The van der Waals surface area contributed by atoms with E-state index < -0.39 is 15.7 Å². The van der Waals surface area contributed by atoms with Crippen molar-refractivity contribution in [3.8, 4) is 0 Å². The summed E-state index contributed by atoms with van der Waals surface area (Å²) in [5, 5.41) is 0.724. The van der Waals surface area contributed by atoms with E-state index in [9.17, 15) is 12.8 Å². The second-order valence-corrected chi connectivity index (χ2v) is 8.58. The van der Waals surface area contributed by atoms with Gasteiger partial charge in [-0.1, -0.05) is 29.8 Å². The summed E-state index contributed by atoms with van der Waals surface area (Å²) in [5.74, 6) is -0.693. The van der Waals surface area contributed by atoms with Crippen LogP contribution in [0.4, 0.5) is 4.39 Å². The standard InChI is InChI=1S/C19H18ClFO2S/c1-12-10-13(6-8-17(12)20)15-4-3-5-16(15)14-7-9-19(18(21)11-14)24(2,22)23/h6-11H,3-5H2,1-2H3. The highest BCUT2D eigenvalue weighted by atomic mass is 35.5. The topological polar surface area (TPSA) is 34.1 Å². The fourth-order valence-corrected chi connectivity index (χ4v) is 4.05. The van der Waals surface area contributed by atoms with E-state index in [-0.39, 0.29) is 4.90 Å². The van der Waals surface area contributed by atoms with E-state index in [0.717, 1.165) is 52.8 Å². The van der Waals surface area contributed by atoms with Gasteiger partial charge >= 0.3 is 0 Å². The first kappa shape index (κ1) is 17.2. The van der Waals surface area contributed by atoms with Crippen molar-refractivity contribution in [3.63, 3.8) is 0 Å². The van der Waals surface area contributed by atoms with Crippen LogP contribution in [0.5, 0.6) is 0 Å². The molecule has 0 saturated heterocycles. The van der Waals surface area contributed by atoms with Gasteiger partial charge in [0, 0.05) is 11.3 Å². The van der Waals surface area contributed by atoms with Crippen molar-refractivity contribution in [2.75, 3.05) is 6.26 Å². The molecular weight excluding hydrogens is 347 g/mol. The second kappa shape index (κ2) is 6.34. The molecule has 0 unspecified atom stereocenters. The number of halogens is 2. The maximum absolute atomic E-state index is 14.2. The van der Waals surface area contributed by atoms with Crippen LogP contribution in [0, 0.1) is 12.7 Å². The predicted octanol–water partition coefficient (Wildman–Crippen LogP) is 5.29. The molecule has 2 nitrogen and oxygen atoms in total. The van der Waals surface area contributed by atoms with E-state index in [2.05, 4.69) is 0 Å². The summed E-state index contributed by atoms with van der Waals surface area (Å²) in [7, 11) is -3.56. The molecule has 0 spiro atoms. The van der Waals surface area contributed by atoms with Crippen LogP contribution >= 0.6 is 11.6 Å². The molecule has 0 heterocycles. The molecule has 0 fully saturated rings. The van der Waals surface area contributed by atoms with Crippen molar-refractivity contribution in [1.82, 2.24) is 0 Å². The molecule has 1 aliphatic carbocycles. The smallest absolute Gasteiger partial charge is 0.178 e. The number of aryl methyl sites for hydroxylation is 1. The summed E-state index contributed by atoms with van der Waals surface area (Å²) in [4.78, 5) is -0.256. The van der Waals surface area contributed by atoms with Gasteiger partial charge in [0.15, 0.2) is 9.84 Å². The first-order valence-corrected chi connectivity index (χ1v) is 10.0. The SMILES string of the molecule is Cc1cc(C2=C(c3ccc(S(C)(=O)=O)c(F)c3)CCC2)ccc1Cl. The van der Waals surface area contributed by atoms with Crippen molar-refractivity contribution >= 4 is 32.6 Å². The van der Waals surface area contributed by atoms with Crippen molar-refractivity contribution in [3.05, 3.63) is 63.9 Å². The van der Waals surface area contributed by atoms with Gasteiger partial charge in [0.25, 0.3) is 0 Å². The largest absolute Gasteiger partial charge is 0.224 e. The van der Waals surface area contributed by atoms with Gasteiger partial charge in [0.05, 0.1) is 0 Å². The van der Waals surface area contributed by atoms with Crippen LogP contribution in [-0.2, 0) is 9.84 Å². The van der Waals surface area contributed by atoms with E-state index in [1.54, 1.807) is 6.07 Å². The summed E-state index contributed by atoms with van der Waals surface area (Å²) in [5.41, 5.74) is 5.11. The van der Waals surface area contributed by atoms with E-state index in [1.807, 2.05) is 25.1 Å². The Morgan fingerprint density at radius 2 is 1.58 bits per heavy atom. The van der Waals surface area contributed by atoms with Gasteiger partial charge in [-0.25, -0.2) is 12.8 Å². The summed E-state index contributed by atoms with van der Waals surface area (Å²) in [6.07, 6.45) is 3.80. The zero-order chi connectivity index (χ0) is 17.5. The van der Waals surface area contributed by atoms with E-state index >= 15 is 0 Å². The summed E-state index contributed by atoms with van der Waals surface area (Å²) in [6.45, 7) is 1.96. The molecule has 0 aromatic heterocycles. The van der Waals surface area contributed by atoms with Gasteiger partial charge in [-0.05, 0) is 72.2 Å². The predicted molar refractivity (Wildman–Crippen MR) is 96.4 cm³/mol. The Morgan fingerprint density at radius 1 is 1.00 bits per heavy atom. The van der Waals surface area contributed by atoms with Crippen LogP contribution in [0.1, 0.15) is 36.0 Å². The van der Waals surface area contributed by atoms with Crippen LogP contribution in [0.25, 0.3) is 11.1 Å². The maximum Gasteiger partial charge on any atom is 0.178 e. The minimum atomic E-state index is -3.56. The summed E-state index contributed by atoms with van der Waals surface area (Å²) in [6, 6.07) is 10.3. The molecule has 3 rings (SSSR count). The molecular formula is C19H18ClFO2S. The van der Waals surface area contributed by atoms with Gasteiger partial charge in [0.1, 0.15) is 10.7 Å². The van der Waals surface area contributed by atoms with Gasteiger partial charge in [0.2, 0.25) is 0 Å². The van der Waals surface area contributed by atoms with Crippen molar-refractivity contribution in [2.45, 2.75) is 31.1 Å². The average molecular weight is 365 g/mol. The zero-order valence-corrected chi connectivity index (χ0v) is 15.1. The molecule has 5 heteroatoms. The molecule has 1 aliphatic rings. The van der Waals surface area contributed by atoms with E-state index in [4.69, 9.17) is 11.6 Å². The highest BCUT2D eigenvalue weighted by Gasteiger charge is 2.20. The molecule has 0 aliphatic heterocycles. The monoisotopic (exact) mass is 364 g/mol. The Morgan fingerprint density at radius 3 is 2.12 bits per heavy atom. The van der Waals surface area contributed by atoms with E-state index in [0.29, 0.717) is 0 Å². The number of allylic oxidation sites excluding steroid dienone is 2. The van der Waals surface area contributed by atoms with Gasteiger partial charge < -0.3 is 0 Å². The Hall–Kier alpha value is -1.65. The molecule has 24 heavy (non-hydrogen) atoms. The van der Waals surface area contributed by atoms with Crippen molar-refractivity contribution < 1.29 is 12.8 Å². The molecule has 0 radical (unpaired) electrons. The lowest BCUT2D eigenvalue weighted by Crippen LogP contribution is -2.01.